The third kappa shape index (κ3) is 5.03. The molecule has 1 aliphatic heterocycles. The highest BCUT2D eigenvalue weighted by atomic mass is 16.5. The Kier molecular flexibility index (Phi) is 8.39. The third-order valence-corrected chi connectivity index (χ3v) is 7.85. The van der Waals surface area contributed by atoms with Crippen molar-refractivity contribution in [3.05, 3.63) is 161 Å². The smallest absolute Gasteiger partial charge is 0.354 e. The third-order valence-electron chi connectivity index (χ3n) is 7.85. The molecular formula is C37H35NO4. The zero-order valence-electron chi connectivity index (χ0n) is 24.4. The van der Waals surface area contributed by atoms with Crippen LogP contribution in [0, 0.1) is 0 Å². The second-order valence-electron chi connectivity index (χ2n) is 10.5. The van der Waals surface area contributed by atoms with Gasteiger partial charge in [-0.05, 0) is 41.7 Å². The first-order chi connectivity index (χ1) is 20.4. The lowest BCUT2D eigenvalue weighted by atomic mass is 9.66. The van der Waals surface area contributed by atoms with Crippen molar-refractivity contribution in [1.29, 1.82) is 0 Å². The maximum absolute atomic E-state index is 14.1. The number of ether oxygens (including phenoxy) is 2. The van der Waals surface area contributed by atoms with E-state index in [9.17, 15) is 9.59 Å². The Bertz CT molecular complexity index is 1550. The van der Waals surface area contributed by atoms with Gasteiger partial charge in [0.25, 0.3) is 0 Å². The van der Waals surface area contributed by atoms with Crippen LogP contribution >= 0.6 is 0 Å². The molecule has 0 spiro atoms. The van der Waals surface area contributed by atoms with E-state index in [0.29, 0.717) is 0 Å². The van der Waals surface area contributed by atoms with Crippen LogP contribution in [-0.4, -0.2) is 37.1 Å². The molecule has 2 unspecified atom stereocenters. The van der Waals surface area contributed by atoms with Crippen molar-refractivity contribution in [2.75, 3.05) is 14.2 Å². The van der Waals surface area contributed by atoms with Gasteiger partial charge >= 0.3 is 11.9 Å². The van der Waals surface area contributed by atoms with Crippen molar-refractivity contribution < 1.29 is 19.1 Å². The number of methoxy groups -OCH3 is 2. The van der Waals surface area contributed by atoms with E-state index in [2.05, 4.69) is 30.3 Å². The molecule has 4 aromatic rings. The highest BCUT2D eigenvalue weighted by Gasteiger charge is 2.58. The van der Waals surface area contributed by atoms with Gasteiger partial charge < -0.3 is 14.4 Å². The predicted molar refractivity (Wildman–Crippen MR) is 165 cm³/mol. The van der Waals surface area contributed by atoms with Crippen LogP contribution in [0.4, 0.5) is 0 Å². The van der Waals surface area contributed by atoms with Crippen molar-refractivity contribution in [1.82, 2.24) is 4.90 Å². The molecule has 5 heteroatoms. The van der Waals surface area contributed by atoms with E-state index in [1.165, 1.54) is 14.2 Å². The number of nitrogens with zero attached hydrogens (tertiary/aromatic N) is 1. The molecule has 0 radical (unpaired) electrons. The van der Waals surface area contributed by atoms with Gasteiger partial charge in [-0.2, -0.15) is 0 Å². The number of hydrogen-bond acceptors (Lipinski definition) is 5. The molecule has 0 saturated carbocycles. The molecule has 42 heavy (non-hydrogen) atoms. The Balaban J connectivity index is 2.02. The van der Waals surface area contributed by atoms with Gasteiger partial charge in [0, 0.05) is 6.04 Å². The van der Waals surface area contributed by atoms with Gasteiger partial charge in [0.2, 0.25) is 0 Å². The minimum atomic E-state index is -1.15. The zero-order valence-corrected chi connectivity index (χ0v) is 24.4. The topological polar surface area (TPSA) is 55.8 Å². The predicted octanol–water partition coefficient (Wildman–Crippen LogP) is 7.12. The van der Waals surface area contributed by atoms with Crippen LogP contribution in [0.15, 0.2) is 139 Å². The Morgan fingerprint density at radius 1 is 0.690 bits per heavy atom. The largest absolute Gasteiger partial charge is 0.466 e. The molecule has 1 heterocycles. The Labute approximate surface area is 247 Å². The fourth-order valence-corrected chi connectivity index (χ4v) is 6.14. The molecule has 0 N–H and O–H groups in total. The van der Waals surface area contributed by atoms with Crippen LogP contribution in [0.1, 0.15) is 42.1 Å². The van der Waals surface area contributed by atoms with Gasteiger partial charge in [0.1, 0.15) is 5.70 Å². The SMILES string of the molecule is COC(=O)C1=C(C(=O)OC)C(C=C(c2ccccc2)c2ccccc2)(c2ccccc2)C(c2ccccc2)N1C(C)C. The van der Waals surface area contributed by atoms with Crippen molar-refractivity contribution in [3.8, 4) is 0 Å². The van der Waals surface area contributed by atoms with E-state index in [-0.39, 0.29) is 17.3 Å². The average molecular weight is 558 g/mol. The average Bonchev–Trinajstić information content (AvgIpc) is 3.36. The number of rotatable bonds is 8. The minimum absolute atomic E-state index is 0.167. The second kappa shape index (κ2) is 12.3. The van der Waals surface area contributed by atoms with Crippen LogP contribution in [0.3, 0.4) is 0 Å². The van der Waals surface area contributed by atoms with Crippen LogP contribution in [-0.2, 0) is 24.5 Å². The highest BCUT2D eigenvalue weighted by molar-refractivity contribution is 6.05. The van der Waals surface area contributed by atoms with Crippen molar-refractivity contribution in [2.24, 2.45) is 0 Å². The summed E-state index contributed by atoms with van der Waals surface area (Å²) in [6.45, 7) is 4.04. The van der Waals surface area contributed by atoms with E-state index < -0.39 is 23.4 Å². The fourth-order valence-electron chi connectivity index (χ4n) is 6.14. The molecular weight excluding hydrogens is 522 g/mol. The molecule has 0 saturated heterocycles. The quantitative estimate of drug-likeness (QED) is 0.216. The molecule has 5 nitrogen and oxygen atoms in total. The number of hydrogen-bond donors (Lipinski definition) is 0. The van der Waals surface area contributed by atoms with Gasteiger partial charge in [0.15, 0.2) is 0 Å². The number of benzene rings is 4. The monoisotopic (exact) mass is 557 g/mol. The van der Waals surface area contributed by atoms with E-state index in [4.69, 9.17) is 9.47 Å². The van der Waals surface area contributed by atoms with Crippen LogP contribution in [0.5, 0.6) is 0 Å². The lowest BCUT2D eigenvalue weighted by Crippen LogP contribution is -2.41. The van der Waals surface area contributed by atoms with E-state index in [0.717, 1.165) is 27.8 Å². The van der Waals surface area contributed by atoms with E-state index in [1.807, 2.05) is 116 Å². The Morgan fingerprint density at radius 3 is 1.60 bits per heavy atom. The first-order valence-corrected chi connectivity index (χ1v) is 14.1. The standard InChI is InChI=1S/C37H35NO4/c1-26(2)38-33(36(40)42-4)32(35(39)41-3)37(30-23-15-8-16-24-30,34(38)29-21-13-7-14-22-29)25-31(27-17-9-5-10-18-27)28-19-11-6-12-20-28/h5-26,34H,1-4H3. The molecule has 4 aromatic carbocycles. The molecule has 0 aromatic heterocycles. The molecule has 212 valence electrons. The minimum Gasteiger partial charge on any atom is -0.466 e. The van der Waals surface area contributed by atoms with Gasteiger partial charge in [-0.3, -0.25) is 0 Å². The molecule has 0 bridgehead atoms. The molecule has 0 amide bonds. The van der Waals surface area contributed by atoms with Crippen LogP contribution in [0.25, 0.3) is 5.57 Å². The van der Waals surface area contributed by atoms with Gasteiger partial charge in [-0.1, -0.05) is 127 Å². The van der Waals surface area contributed by atoms with Crippen LogP contribution in [0.2, 0.25) is 0 Å². The van der Waals surface area contributed by atoms with Crippen molar-refractivity contribution in [2.45, 2.75) is 31.3 Å². The van der Waals surface area contributed by atoms with Crippen molar-refractivity contribution in [3.63, 3.8) is 0 Å². The summed E-state index contributed by atoms with van der Waals surface area (Å²) in [5.74, 6) is -1.17. The maximum atomic E-state index is 14.1. The Hall–Kier alpha value is -4.90. The summed E-state index contributed by atoms with van der Waals surface area (Å²) < 4.78 is 10.8. The van der Waals surface area contributed by atoms with Gasteiger partial charge in [-0.25, -0.2) is 9.59 Å². The van der Waals surface area contributed by atoms with E-state index in [1.54, 1.807) is 0 Å². The van der Waals surface area contributed by atoms with Gasteiger partial charge in [-0.15, -0.1) is 0 Å². The normalized spacial score (nSPS) is 18.1. The summed E-state index contributed by atoms with van der Waals surface area (Å²) in [5, 5.41) is 0. The summed E-state index contributed by atoms with van der Waals surface area (Å²) >= 11 is 0. The number of esters is 2. The molecule has 0 aliphatic carbocycles. The zero-order chi connectivity index (χ0) is 29.7. The summed E-state index contributed by atoms with van der Waals surface area (Å²) in [6, 6.07) is 39.5. The van der Waals surface area contributed by atoms with Crippen LogP contribution < -0.4 is 0 Å². The number of carbonyl (C=O) groups is 2. The summed E-state index contributed by atoms with van der Waals surface area (Å²) in [4.78, 5) is 29.8. The van der Waals surface area contributed by atoms with E-state index >= 15 is 0 Å². The first-order valence-electron chi connectivity index (χ1n) is 14.1. The first kappa shape index (κ1) is 28.6. The summed E-state index contributed by atoms with van der Waals surface area (Å²) in [7, 11) is 2.70. The number of carbonyl (C=O) groups excluding carboxylic acids is 2. The van der Waals surface area contributed by atoms with Crippen molar-refractivity contribution >= 4 is 17.5 Å². The lowest BCUT2D eigenvalue weighted by molar-refractivity contribution is -0.140. The lowest BCUT2D eigenvalue weighted by Gasteiger charge is -2.42. The second-order valence-corrected chi connectivity index (χ2v) is 10.5. The molecule has 2 atom stereocenters. The fraction of sp³-hybridized carbons (Fsp3) is 0.189. The maximum Gasteiger partial charge on any atom is 0.354 e. The van der Waals surface area contributed by atoms with Gasteiger partial charge in [0.05, 0.1) is 31.2 Å². The molecule has 1 aliphatic rings. The summed E-state index contributed by atoms with van der Waals surface area (Å²) in [5.41, 5.74) is 4.00. The Morgan fingerprint density at radius 2 is 1.14 bits per heavy atom. The molecule has 5 rings (SSSR count). The highest BCUT2D eigenvalue weighted by Crippen LogP contribution is 2.57. The molecule has 0 fully saturated rings. The summed E-state index contributed by atoms with van der Waals surface area (Å²) in [6.07, 6.45) is 2.15.